The Morgan fingerprint density at radius 1 is 1.00 bits per heavy atom. The summed E-state index contributed by atoms with van der Waals surface area (Å²) in [7, 11) is 0. The van der Waals surface area contributed by atoms with Crippen LogP contribution in [0.1, 0.15) is 69.4 Å². The summed E-state index contributed by atoms with van der Waals surface area (Å²) in [5.74, 6) is 3.82. The predicted octanol–water partition coefficient (Wildman–Crippen LogP) is 5.36. The van der Waals surface area contributed by atoms with Crippen molar-refractivity contribution in [2.75, 3.05) is 5.32 Å². The molecule has 1 aromatic rings. The first kappa shape index (κ1) is 13.5. The van der Waals surface area contributed by atoms with Crippen molar-refractivity contribution in [2.45, 2.75) is 70.8 Å². The topological polar surface area (TPSA) is 12.0 Å². The molecule has 4 aliphatic carbocycles. The molecule has 0 aromatic heterocycles. The third-order valence-electron chi connectivity index (χ3n) is 7.37. The predicted molar refractivity (Wildman–Crippen MR) is 92.3 cm³/mol. The van der Waals surface area contributed by atoms with Crippen molar-refractivity contribution in [3.8, 4) is 0 Å². The molecule has 0 spiro atoms. The Hall–Kier alpha value is -0.980. The van der Waals surface area contributed by atoms with Gasteiger partial charge in [-0.1, -0.05) is 26.0 Å². The van der Waals surface area contributed by atoms with Gasteiger partial charge in [-0.3, -0.25) is 0 Å². The number of hydrogen-bond acceptors (Lipinski definition) is 1. The Kier molecular flexibility index (Phi) is 2.77. The first-order valence-electron chi connectivity index (χ1n) is 9.51. The Morgan fingerprint density at radius 3 is 2.23 bits per heavy atom. The molecule has 0 saturated heterocycles. The van der Waals surface area contributed by atoms with Crippen LogP contribution < -0.4 is 5.32 Å². The fourth-order valence-corrected chi connectivity index (χ4v) is 6.72. The smallest absolute Gasteiger partial charge is 0.0376 e. The molecule has 5 aliphatic rings. The molecule has 118 valence electrons. The van der Waals surface area contributed by atoms with Gasteiger partial charge < -0.3 is 5.32 Å². The summed E-state index contributed by atoms with van der Waals surface area (Å²) in [6.07, 6.45) is 10.5. The highest BCUT2D eigenvalue weighted by molar-refractivity contribution is 5.59. The van der Waals surface area contributed by atoms with Crippen LogP contribution in [0.5, 0.6) is 0 Å². The van der Waals surface area contributed by atoms with E-state index in [1.54, 1.807) is 24.8 Å². The molecule has 4 fully saturated rings. The summed E-state index contributed by atoms with van der Waals surface area (Å²) in [6.45, 7) is 4.61. The third kappa shape index (κ3) is 1.90. The van der Waals surface area contributed by atoms with E-state index in [-0.39, 0.29) is 0 Å². The molecule has 1 heteroatoms. The van der Waals surface area contributed by atoms with Crippen LogP contribution >= 0.6 is 0 Å². The number of rotatable bonds is 2. The second-order valence-corrected chi connectivity index (χ2v) is 9.25. The number of hydrogen-bond donors (Lipinski definition) is 1. The Morgan fingerprint density at radius 2 is 1.64 bits per heavy atom. The van der Waals surface area contributed by atoms with Gasteiger partial charge in [-0.15, -0.1) is 0 Å². The lowest BCUT2D eigenvalue weighted by Crippen LogP contribution is -2.53. The van der Waals surface area contributed by atoms with E-state index in [4.69, 9.17) is 0 Å². The van der Waals surface area contributed by atoms with Crippen LogP contribution in [0.4, 0.5) is 5.69 Å². The number of fused-ring (bicyclic) bond motifs is 1. The van der Waals surface area contributed by atoms with Crippen LogP contribution in [0.15, 0.2) is 18.2 Å². The van der Waals surface area contributed by atoms with Gasteiger partial charge in [0.2, 0.25) is 0 Å². The van der Waals surface area contributed by atoms with E-state index in [2.05, 4.69) is 37.4 Å². The van der Waals surface area contributed by atoms with Gasteiger partial charge in [0.25, 0.3) is 0 Å². The molecule has 6 rings (SSSR count). The largest absolute Gasteiger partial charge is 0.381 e. The van der Waals surface area contributed by atoms with E-state index in [1.165, 1.54) is 36.9 Å². The minimum Gasteiger partial charge on any atom is -0.381 e. The van der Waals surface area contributed by atoms with E-state index in [1.807, 2.05) is 0 Å². The molecule has 1 aliphatic heterocycles. The van der Waals surface area contributed by atoms with Gasteiger partial charge in [0.05, 0.1) is 0 Å². The highest BCUT2D eigenvalue weighted by Gasteiger charge is 2.54. The minimum atomic E-state index is 0.631. The summed E-state index contributed by atoms with van der Waals surface area (Å²) < 4.78 is 0. The van der Waals surface area contributed by atoms with Crippen molar-refractivity contribution in [3.63, 3.8) is 0 Å². The molecular formula is C21H29N. The molecule has 1 atom stereocenters. The monoisotopic (exact) mass is 295 g/mol. The van der Waals surface area contributed by atoms with E-state index in [0.717, 1.165) is 23.8 Å². The van der Waals surface area contributed by atoms with Gasteiger partial charge in [-0.2, -0.15) is 0 Å². The second-order valence-electron chi connectivity index (χ2n) is 9.25. The molecule has 0 amide bonds. The zero-order valence-corrected chi connectivity index (χ0v) is 14.1. The quantitative estimate of drug-likeness (QED) is 0.774. The molecule has 1 nitrogen and oxygen atoms in total. The van der Waals surface area contributed by atoms with E-state index < -0.39 is 0 Å². The molecule has 0 radical (unpaired) electrons. The van der Waals surface area contributed by atoms with E-state index >= 15 is 0 Å². The molecule has 22 heavy (non-hydrogen) atoms. The van der Waals surface area contributed by atoms with Crippen molar-refractivity contribution < 1.29 is 0 Å². The highest BCUT2D eigenvalue weighted by Crippen LogP contribution is 2.62. The zero-order valence-electron chi connectivity index (χ0n) is 14.1. The SMILES string of the molecule is CC(C)c1ccc2c(c1)CC(C13CC4CC(CC(C4)C1)C3)N2. The molecule has 1 unspecified atom stereocenters. The zero-order chi connectivity index (χ0) is 14.9. The average Bonchev–Trinajstić information content (AvgIpc) is 2.89. The fourth-order valence-electron chi connectivity index (χ4n) is 6.72. The van der Waals surface area contributed by atoms with E-state index in [9.17, 15) is 0 Å². The van der Waals surface area contributed by atoms with Crippen LogP contribution in [0.3, 0.4) is 0 Å². The van der Waals surface area contributed by atoms with Gasteiger partial charge >= 0.3 is 0 Å². The summed E-state index contributed by atoms with van der Waals surface area (Å²) in [4.78, 5) is 0. The number of nitrogens with one attached hydrogen (secondary N) is 1. The van der Waals surface area contributed by atoms with Crippen LogP contribution in [-0.2, 0) is 6.42 Å². The standard InChI is InChI=1S/C21H29N/c1-13(2)17-3-4-19-18(8-17)9-20(22-19)21-10-14-5-15(11-21)7-16(6-14)12-21/h3-4,8,13-16,20,22H,5-7,9-12H2,1-2H3. The second kappa shape index (κ2) is 4.52. The maximum Gasteiger partial charge on any atom is 0.0376 e. The van der Waals surface area contributed by atoms with Gasteiger partial charge in [0.15, 0.2) is 0 Å². The van der Waals surface area contributed by atoms with Crippen LogP contribution in [0.25, 0.3) is 0 Å². The summed E-state index contributed by atoms with van der Waals surface area (Å²) in [5.41, 5.74) is 5.16. The Balaban J connectivity index is 1.44. The van der Waals surface area contributed by atoms with Crippen molar-refractivity contribution >= 4 is 5.69 Å². The summed E-state index contributed by atoms with van der Waals surface area (Å²) in [5, 5.41) is 3.96. The molecule has 1 heterocycles. The van der Waals surface area contributed by atoms with Crippen molar-refractivity contribution in [2.24, 2.45) is 23.2 Å². The van der Waals surface area contributed by atoms with Crippen LogP contribution in [-0.4, -0.2) is 6.04 Å². The normalized spacial score (nSPS) is 41.8. The average molecular weight is 295 g/mol. The van der Waals surface area contributed by atoms with Gasteiger partial charge in [-0.05, 0) is 91.2 Å². The first-order chi connectivity index (χ1) is 10.6. The Labute approximate surface area is 134 Å². The summed E-state index contributed by atoms with van der Waals surface area (Å²) in [6, 6.07) is 7.88. The third-order valence-corrected chi connectivity index (χ3v) is 7.37. The van der Waals surface area contributed by atoms with Gasteiger partial charge in [0.1, 0.15) is 0 Å². The molecular weight excluding hydrogens is 266 g/mol. The minimum absolute atomic E-state index is 0.631. The lowest BCUT2D eigenvalue weighted by molar-refractivity contribution is -0.0619. The molecule has 4 saturated carbocycles. The van der Waals surface area contributed by atoms with E-state index in [0.29, 0.717) is 11.3 Å². The van der Waals surface area contributed by atoms with Crippen molar-refractivity contribution in [1.82, 2.24) is 0 Å². The fraction of sp³-hybridized carbons (Fsp3) is 0.714. The lowest BCUT2D eigenvalue weighted by atomic mass is 9.47. The van der Waals surface area contributed by atoms with Crippen LogP contribution in [0.2, 0.25) is 0 Å². The van der Waals surface area contributed by atoms with Crippen LogP contribution in [0, 0.1) is 23.2 Å². The van der Waals surface area contributed by atoms with Gasteiger partial charge in [0, 0.05) is 11.7 Å². The maximum absolute atomic E-state index is 3.96. The number of anilines is 1. The molecule has 1 aromatic carbocycles. The van der Waals surface area contributed by atoms with Crippen molar-refractivity contribution in [3.05, 3.63) is 29.3 Å². The molecule has 1 N–H and O–H groups in total. The molecule has 4 bridgehead atoms. The first-order valence-corrected chi connectivity index (χ1v) is 9.51. The Bertz CT molecular complexity index is 565. The lowest BCUT2D eigenvalue weighted by Gasteiger charge is -2.59. The van der Waals surface area contributed by atoms with Gasteiger partial charge in [-0.25, -0.2) is 0 Å². The van der Waals surface area contributed by atoms with Crippen molar-refractivity contribution in [1.29, 1.82) is 0 Å². The number of benzene rings is 1. The maximum atomic E-state index is 3.96. The highest BCUT2D eigenvalue weighted by atomic mass is 15.0. The summed E-state index contributed by atoms with van der Waals surface area (Å²) >= 11 is 0.